The molecule has 0 heterocycles. The molecule has 0 spiro atoms. The van der Waals surface area contributed by atoms with Crippen molar-refractivity contribution in [1.82, 2.24) is 0 Å². The maximum absolute atomic E-state index is 10.9. The maximum Gasteiger partial charge on any atom is 0.161 e. The van der Waals surface area contributed by atoms with Crippen LogP contribution in [0.1, 0.15) is 17.5 Å². The second-order valence-corrected chi connectivity index (χ2v) is 3.53. The first-order chi connectivity index (χ1) is 6.14. The highest BCUT2D eigenvalue weighted by Crippen LogP contribution is 2.32. The Morgan fingerprint density at radius 1 is 1.46 bits per heavy atom. The summed E-state index contributed by atoms with van der Waals surface area (Å²) >= 11 is 0. The van der Waals surface area contributed by atoms with Crippen molar-refractivity contribution in [3.63, 3.8) is 0 Å². The van der Waals surface area contributed by atoms with Gasteiger partial charge in [-0.25, -0.2) is 0 Å². The van der Waals surface area contributed by atoms with Crippen molar-refractivity contribution in [1.29, 1.82) is 0 Å². The van der Waals surface area contributed by atoms with E-state index in [1.165, 1.54) is 0 Å². The van der Waals surface area contributed by atoms with Gasteiger partial charge in [-0.3, -0.25) is 0 Å². The van der Waals surface area contributed by atoms with Crippen LogP contribution in [0.4, 0.5) is 0 Å². The van der Waals surface area contributed by atoms with E-state index in [0.717, 1.165) is 17.5 Å². The Bertz CT molecular complexity index is 362. The summed E-state index contributed by atoms with van der Waals surface area (Å²) in [6, 6.07) is 7.53. The summed E-state index contributed by atoms with van der Waals surface area (Å²) in [5.41, 5.74) is 4.63. The third kappa shape index (κ3) is 1.04. The second-order valence-electron chi connectivity index (χ2n) is 3.53. The third-order valence-electron chi connectivity index (χ3n) is 2.74. The van der Waals surface area contributed by atoms with Gasteiger partial charge < -0.3 is 15.6 Å². The lowest BCUT2D eigenvalue weighted by atomic mass is 9.93. The van der Waals surface area contributed by atoms with Crippen molar-refractivity contribution < 1.29 is 15.6 Å². The number of aliphatic carboxylic acids is 1. The van der Waals surface area contributed by atoms with Crippen LogP contribution in [0.3, 0.4) is 0 Å². The van der Waals surface area contributed by atoms with Crippen LogP contribution in [-0.2, 0) is 16.8 Å². The van der Waals surface area contributed by atoms with Gasteiger partial charge in [0.25, 0.3) is 0 Å². The van der Waals surface area contributed by atoms with Gasteiger partial charge in [-0.2, -0.15) is 0 Å². The molecule has 0 radical (unpaired) electrons. The number of rotatable bonds is 1. The first-order valence-corrected chi connectivity index (χ1v) is 4.30. The number of hydrogen-bond donors (Lipinski definition) is 1. The molecule has 3 heteroatoms. The van der Waals surface area contributed by atoms with E-state index in [2.05, 4.69) is 5.73 Å². The van der Waals surface area contributed by atoms with Crippen LogP contribution in [0.25, 0.3) is 0 Å². The summed E-state index contributed by atoms with van der Waals surface area (Å²) in [5.74, 6) is -1.07. The molecule has 0 saturated carbocycles. The predicted molar refractivity (Wildman–Crippen MR) is 44.3 cm³/mol. The molecule has 13 heavy (non-hydrogen) atoms. The Kier molecular flexibility index (Phi) is 1.63. The first kappa shape index (κ1) is 8.26. The molecule has 2 rings (SSSR count). The molecule has 68 valence electrons. The van der Waals surface area contributed by atoms with Crippen molar-refractivity contribution in [2.75, 3.05) is 0 Å². The van der Waals surface area contributed by atoms with Crippen molar-refractivity contribution >= 4 is 5.97 Å². The summed E-state index contributed by atoms with van der Waals surface area (Å²) in [4.78, 5) is 10.9. The van der Waals surface area contributed by atoms with E-state index in [-0.39, 0.29) is 0 Å². The Labute approximate surface area is 76.2 Å². The number of fused-ring (bicyclic) bond motifs is 1. The number of carbonyl (C=O) groups excluding carboxylic acids is 1. The number of aryl methyl sites for hydroxylation is 1. The van der Waals surface area contributed by atoms with Crippen molar-refractivity contribution in [2.24, 2.45) is 0 Å². The lowest BCUT2D eigenvalue weighted by molar-refractivity contribution is -0.494. The summed E-state index contributed by atoms with van der Waals surface area (Å²) < 4.78 is 0. The minimum absolute atomic E-state index is 0.550. The monoisotopic (exact) mass is 177 g/mol. The standard InChI is InChI=1S/C10H11NO2/c11-10(9(12)13)6-5-7-3-1-2-4-8(7)10/h1-4H,5-6,11H2,(H,12,13)/t10-/m0/s1. The molecule has 0 bridgehead atoms. The lowest BCUT2D eigenvalue weighted by Gasteiger charge is -2.22. The Morgan fingerprint density at radius 2 is 2.15 bits per heavy atom. The van der Waals surface area contributed by atoms with E-state index in [0.29, 0.717) is 6.42 Å². The van der Waals surface area contributed by atoms with Gasteiger partial charge in [0.2, 0.25) is 0 Å². The topological polar surface area (TPSA) is 67.8 Å². The predicted octanol–water partition coefficient (Wildman–Crippen LogP) is -1.18. The van der Waals surface area contributed by atoms with E-state index >= 15 is 0 Å². The van der Waals surface area contributed by atoms with Crippen LogP contribution in [0.2, 0.25) is 0 Å². The molecular weight excluding hydrogens is 166 g/mol. The molecule has 1 atom stereocenters. The molecule has 3 nitrogen and oxygen atoms in total. The molecule has 1 aliphatic carbocycles. The van der Waals surface area contributed by atoms with Gasteiger partial charge in [-0.05, 0) is 12.0 Å². The van der Waals surface area contributed by atoms with Gasteiger partial charge in [0.05, 0.1) is 0 Å². The minimum atomic E-state index is -1.07. The lowest BCUT2D eigenvalue weighted by Crippen LogP contribution is -2.75. The SMILES string of the molecule is [NH3+][C@@]1(C(=O)[O-])CCc2ccccc21. The van der Waals surface area contributed by atoms with E-state index in [1.54, 1.807) is 0 Å². The number of benzene rings is 1. The second kappa shape index (κ2) is 2.57. The molecule has 0 fully saturated rings. The minimum Gasteiger partial charge on any atom is -0.543 e. The smallest absolute Gasteiger partial charge is 0.161 e. The zero-order valence-electron chi connectivity index (χ0n) is 7.25. The van der Waals surface area contributed by atoms with Crippen LogP contribution < -0.4 is 10.8 Å². The highest BCUT2D eigenvalue weighted by atomic mass is 16.4. The largest absolute Gasteiger partial charge is 0.543 e. The average Bonchev–Trinajstić information content (AvgIpc) is 2.47. The van der Waals surface area contributed by atoms with Crippen LogP contribution in [-0.4, -0.2) is 5.97 Å². The Balaban J connectivity index is 2.55. The van der Waals surface area contributed by atoms with Gasteiger partial charge in [-0.15, -0.1) is 0 Å². The highest BCUT2D eigenvalue weighted by molar-refractivity contribution is 5.78. The number of quaternary nitrogens is 1. The van der Waals surface area contributed by atoms with E-state index < -0.39 is 11.5 Å². The summed E-state index contributed by atoms with van der Waals surface area (Å²) in [6.07, 6.45) is 1.34. The van der Waals surface area contributed by atoms with Crippen LogP contribution in [0, 0.1) is 0 Å². The first-order valence-electron chi connectivity index (χ1n) is 4.30. The molecular formula is C10H11NO2. The molecule has 1 aromatic rings. The fourth-order valence-electron chi connectivity index (χ4n) is 1.90. The average molecular weight is 177 g/mol. The zero-order valence-corrected chi connectivity index (χ0v) is 7.25. The van der Waals surface area contributed by atoms with Crippen molar-refractivity contribution in [3.8, 4) is 0 Å². The zero-order chi connectivity index (χ0) is 9.47. The summed E-state index contributed by atoms with van der Waals surface area (Å²) in [5, 5.41) is 10.9. The van der Waals surface area contributed by atoms with Crippen LogP contribution >= 0.6 is 0 Å². The van der Waals surface area contributed by atoms with Gasteiger partial charge >= 0.3 is 0 Å². The van der Waals surface area contributed by atoms with Gasteiger partial charge in [0, 0.05) is 12.0 Å². The number of carbonyl (C=O) groups is 1. The Morgan fingerprint density at radius 3 is 2.85 bits per heavy atom. The quantitative estimate of drug-likeness (QED) is 0.586. The van der Waals surface area contributed by atoms with Gasteiger partial charge in [-0.1, -0.05) is 24.3 Å². The van der Waals surface area contributed by atoms with Crippen molar-refractivity contribution in [2.45, 2.75) is 18.4 Å². The molecule has 0 unspecified atom stereocenters. The number of carboxylic acid groups (broad SMARTS) is 1. The third-order valence-corrected chi connectivity index (χ3v) is 2.74. The van der Waals surface area contributed by atoms with Crippen LogP contribution in [0.5, 0.6) is 0 Å². The molecule has 0 aliphatic heterocycles. The van der Waals surface area contributed by atoms with Crippen molar-refractivity contribution in [3.05, 3.63) is 35.4 Å². The molecule has 0 saturated heterocycles. The normalized spacial score (nSPS) is 25.6. The fourth-order valence-corrected chi connectivity index (χ4v) is 1.90. The molecule has 1 aromatic carbocycles. The number of carboxylic acids is 1. The Hall–Kier alpha value is -1.35. The van der Waals surface area contributed by atoms with E-state index in [1.807, 2.05) is 24.3 Å². The summed E-state index contributed by atoms with van der Waals surface area (Å²) in [7, 11) is 0. The van der Waals surface area contributed by atoms with Gasteiger partial charge in [0.1, 0.15) is 5.97 Å². The van der Waals surface area contributed by atoms with E-state index in [9.17, 15) is 9.90 Å². The number of hydrogen-bond acceptors (Lipinski definition) is 2. The van der Waals surface area contributed by atoms with Gasteiger partial charge in [0.15, 0.2) is 5.54 Å². The fraction of sp³-hybridized carbons (Fsp3) is 0.300. The molecule has 1 aliphatic rings. The molecule has 0 amide bonds. The highest BCUT2D eigenvalue weighted by Gasteiger charge is 2.39. The molecule has 0 aromatic heterocycles. The molecule has 3 N–H and O–H groups in total. The van der Waals surface area contributed by atoms with Crippen LogP contribution in [0.15, 0.2) is 24.3 Å². The summed E-state index contributed by atoms with van der Waals surface area (Å²) in [6.45, 7) is 0. The maximum atomic E-state index is 10.9. The van der Waals surface area contributed by atoms with E-state index in [4.69, 9.17) is 0 Å².